The van der Waals surface area contributed by atoms with Crippen molar-refractivity contribution >= 4 is 5.96 Å². The molecule has 0 bridgehead atoms. The van der Waals surface area contributed by atoms with Gasteiger partial charge < -0.3 is 20.1 Å². The van der Waals surface area contributed by atoms with Gasteiger partial charge in [0, 0.05) is 26.1 Å². The number of methoxy groups -OCH3 is 2. The van der Waals surface area contributed by atoms with Gasteiger partial charge >= 0.3 is 0 Å². The summed E-state index contributed by atoms with van der Waals surface area (Å²) in [4.78, 5) is 9.29. The van der Waals surface area contributed by atoms with Gasteiger partial charge in [0.15, 0.2) is 11.8 Å². The van der Waals surface area contributed by atoms with Gasteiger partial charge in [-0.1, -0.05) is 6.07 Å². The van der Waals surface area contributed by atoms with Crippen LogP contribution in [0.1, 0.15) is 36.1 Å². The summed E-state index contributed by atoms with van der Waals surface area (Å²) in [5, 5.41) is 11.4. The Balaban J connectivity index is 1.65. The first-order valence-electron chi connectivity index (χ1n) is 9.72. The molecule has 28 heavy (non-hydrogen) atoms. The largest absolute Gasteiger partial charge is 0.497 e. The van der Waals surface area contributed by atoms with Crippen LogP contribution in [-0.2, 0) is 30.9 Å². The predicted molar refractivity (Wildman–Crippen MR) is 109 cm³/mol. The zero-order valence-corrected chi connectivity index (χ0v) is 17.2. The smallest absolute Gasteiger partial charge is 0.191 e. The second-order valence-corrected chi connectivity index (χ2v) is 6.99. The molecule has 8 heteroatoms. The zero-order valence-electron chi connectivity index (χ0n) is 17.2. The van der Waals surface area contributed by atoms with Crippen molar-refractivity contribution in [3.8, 4) is 5.75 Å². The van der Waals surface area contributed by atoms with Crippen molar-refractivity contribution in [2.45, 2.75) is 52.4 Å². The maximum Gasteiger partial charge on any atom is 0.191 e. The van der Waals surface area contributed by atoms with E-state index in [4.69, 9.17) is 14.5 Å². The van der Waals surface area contributed by atoms with Gasteiger partial charge in [0.2, 0.25) is 0 Å². The number of nitrogens with zero attached hydrogens (tertiary/aromatic N) is 4. The number of aryl methyl sites for hydroxylation is 2. The molecule has 0 spiro atoms. The number of hydrogen-bond donors (Lipinski definition) is 2. The van der Waals surface area contributed by atoms with Gasteiger partial charge in [-0.25, -0.2) is 14.7 Å². The minimum absolute atomic E-state index is 0.259. The van der Waals surface area contributed by atoms with E-state index in [1.54, 1.807) is 14.2 Å². The van der Waals surface area contributed by atoms with Crippen LogP contribution < -0.4 is 15.4 Å². The monoisotopic (exact) mass is 386 g/mol. The van der Waals surface area contributed by atoms with E-state index >= 15 is 0 Å². The van der Waals surface area contributed by atoms with E-state index in [0.717, 1.165) is 54.9 Å². The third-order valence-corrected chi connectivity index (χ3v) is 4.63. The molecule has 1 aromatic carbocycles. The van der Waals surface area contributed by atoms with E-state index in [-0.39, 0.29) is 6.04 Å². The summed E-state index contributed by atoms with van der Waals surface area (Å²) in [5.74, 6) is 3.45. The molecule has 2 aromatic rings. The van der Waals surface area contributed by atoms with Crippen molar-refractivity contribution in [3.05, 3.63) is 41.0 Å². The maximum absolute atomic E-state index is 5.36. The number of aliphatic imine (C=N–C) groups is 1. The lowest BCUT2D eigenvalue weighted by molar-refractivity contribution is 0.177. The average Bonchev–Trinajstić information content (AvgIpc) is 3.08. The van der Waals surface area contributed by atoms with E-state index < -0.39 is 0 Å². The minimum atomic E-state index is 0.259. The van der Waals surface area contributed by atoms with Crippen LogP contribution in [-0.4, -0.2) is 47.5 Å². The van der Waals surface area contributed by atoms with Gasteiger partial charge in [0.05, 0.1) is 20.2 Å². The molecule has 0 aliphatic carbocycles. The average molecular weight is 387 g/mol. The van der Waals surface area contributed by atoms with Gasteiger partial charge in [-0.05, 0) is 43.5 Å². The van der Waals surface area contributed by atoms with Crippen LogP contribution in [0, 0.1) is 6.92 Å². The molecule has 2 N–H and O–H groups in total. The second kappa shape index (κ2) is 9.54. The van der Waals surface area contributed by atoms with Gasteiger partial charge in [-0.15, -0.1) is 0 Å². The van der Waals surface area contributed by atoms with Crippen molar-refractivity contribution in [2.24, 2.45) is 4.99 Å². The van der Waals surface area contributed by atoms with Crippen LogP contribution in [0.15, 0.2) is 23.2 Å². The number of hydrogen-bond acceptors (Lipinski definition) is 5. The third kappa shape index (κ3) is 5.22. The number of aromatic nitrogens is 3. The summed E-state index contributed by atoms with van der Waals surface area (Å²) in [6.45, 7) is 6.75. The fourth-order valence-electron chi connectivity index (χ4n) is 3.39. The van der Waals surface area contributed by atoms with Gasteiger partial charge in [0.25, 0.3) is 0 Å². The standard InChI is InChI=1S/C20H30N6O2/c1-5-21-20(22-11-15-8-14(2)9-17(10-15)28-4)23-16-6-7-19-24-18(13-27-3)25-26(19)12-16/h8-10,16H,5-7,11-13H2,1-4H3,(H2,21,22,23). The highest BCUT2D eigenvalue weighted by molar-refractivity contribution is 5.80. The number of benzene rings is 1. The van der Waals surface area contributed by atoms with Gasteiger partial charge in [0.1, 0.15) is 18.2 Å². The van der Waals surface area contributed by atoms with E-state index in [1.807, 2.05) is 16.8 Å². The normalized spacial score (nSPS) is 16.6. The molecule has 0 saturated carbocycles. The highest BCUT2D eigenvalue weighted by Gasteiger charge is 2.22. The molecule has 8 nitrogen and oxygen atoms in total. The summed E-state index contributed by atoms with van der Waals surface area (Å²) in [7, 11) is 3.35. The van der Waals surface area contributed by atoms with Crippen LogP contribution in [0.25, 0.3) is 0 Å². The number of rotatable bonds is 7. The molecule has 0 fully saturated rings. The molecule has 3 rings (SSSR count). The van der Waals surface area contributed by atoms with Gasteiger partial charge in [-0.3, -0.25) is 0 Å². The lowest BCUT2D eigenvalue weighted by Gasteiger charge is -2.25. The molecular weight excluding hydrogens is 356 g/mol. The minimum Gasteiger partial charge on any atom is -0.497 e. The van der Waals surface area contributed by atoms with Crippen LogP contribution in [0.5, 0.6) is 5.75 Å². The first kappa shape index (κ1) is 20.1. The van der Waals surface area contributed by atoms with Crippen LogP contribution >= 0.6 is 0 Å². The Hall–Kier alpha value is -2.61. The van der Waals surface area contributed by atoms with Crippen LogP contribution in [0.4, 0.5) is 0 Å². The van der Waals surface area contributed by atoms with Crippen molar-refractivity contribution in [1.82, 2.24) is 25.4 Å². The predicted octanol–water partition coefficient (Wildman–Crippen LogP) is 1.81. The molecule has 0 amide bonds. The molecule has 1 aromatic heterocycles. The van der Waals surface area contributed by atoms with Crippen molar-refractivity contribution in [2.75, 3.05) is 20.8 Å². The molecular formula is C20H30N6O2. The molecule has 1 atom stereocenters. The topological polar surface area (TPSA) is 85.6 Å². The highest BCUT2D eigenvalue weighted by atomic mass is 16.5. The van der Waals surface area contributed by atoms with E-state index in [2.05, 4.69) is 40.6 Å². The molecule has 0 radical (unpaired) electrons. The van der Waals surface area contributed by atoms with Crippen molar-refractivity contribution in [3.63, 3.8) is 0 Å². The highest BCUT2D eigenvalue weighted by Crippen LogP contribution is 2.17. The number of fused-ring (bicyclic) bond motifs is 1. The molecule has 2 heterocycles. The number of guanidine groups is 1. The SMILES string of the molecule is CCNC(=NCc1cc(C)cc(OC)c1)NC1CCc2nc(COC)nn2C1. The fraction of sp³-hybridized carbons (Fsp3) is 0.550. The summed E-state index contributed by atoms with van der Waals surface area (Å²) in [5.41, 5.74) is 2.29. The third-order valence-electron chi connectivity index (χ3n) is 4.63. The lowest BCUT2D eigenvalue weighted by Crippen LogP contribution is -2.47. The van der Waals surface area contributed by atoms with E-state index in [1.165, 1.54) is 5.56 Å². The Morgan fingerprint density at radius 2 is 2.18 bits per heavy atom. The Labute approximate surface area is 166 Å². The van der Waals surface area contributed by atoms with Crippen LogP contribution in [0.2, 0.25) is 0 Å². The molecule has 1 unspecified atom stereocenters. The summed E-state index contributed by atoms with van der Waals surface area (Å²) < 4.78 is 12.5. The first-order valence-corrected chi connectivity index (χ1v) is 9.72. The molecule has 152 valence electrons. The summed E-state index contributed by atoms with van der Waals surface area (Å²) in [6.07, 6.45) is 1.89. The van der Waals surface area contributed by atoms with E-state index in [0.29, 0.717) is 13.2 Å². The maximum atomic E-state index is 5.36. The Morgan fingerprint density at radius 1 is 1.32 bits per heavy atom. The number of nitrogens with one attached hydrogen (secondary N) is 2. The van der Waals surface area contributed by atoms with Crippen molar-refractivity contribution in [1.29, 1.82) is 0 Å². The fourth-order valence-corrected chi connectivity index (χ4v) is 3.39. The Morgan fingerprint density at radius 3 is 2.93 bits per heavy atom. The molecule has 1 aliphatic rings. The van der Waals surface area contributed by atoms with Crippen molar-refractivity contribution < 1.29 is 9.47 Å². The van der Waals surface area contributed by atoms with Gasteiger partial charge in [-0.2, -0.15) is 5.10 Å². The Kier molecular flexibility index (Phi) is 6.86. The van der Waals surface area contributed by atoms with E-state index in [9.17, 15) is 0 Å². The first-order chi connectivity index (χ1) is 13.6. The van der Waals surface area contributed by atoms with Crippen LogP contribution in [0.3, 0.4) is 0 Å². The zero-order chi connectivity index (χ0) is 19.9. The Bertz CT molecular complexity index is 817. The number of ether oxygens (including phenoxy) is 2. The molecule has 0 saturated heterocycles. The summed E-state index contributed by atoms with van der Waals surface area (Å²) >= 11 is 0. The second-order valence-electron chi connectivity index (χ2n) is 6.99. The summed E-state index contributed by atoms with van der Waals surface area (Å²) in [6, 6.07) is 6.44. The lowest BCUT2D eigenvalue weighted by atomic mass is 10.1. The molecule has 1 aliphatic heterocycles. The quantitative estimate of drug-likeness (QED) is 0.558.